The van der Waals surface area contributed by atoms with Crippen molar-refractivity contribution < 1.29 is 19.8 Å². The molecule has 21 heavy (non-hydrogen) atoms. The number of anilines is 1. The molecule has 0 aliphatic carbocycles. The first-order valence-corrected chi connectivity index (χ1v) is 6.38. The van der Waals surface area contributed by atoms with Gasteiger partial charge in [0.25, 0.3) is 5.91 Å². The minimum atomic E-state index is -0.906. The first kappa shape index (κ1) is 14.6. The summed E-state index contributed by atoms with van der Waals surface area (Å²) in [6, 6.07) is 11.5. The lowest BCUT2D eigenvalue weighted by molar-refractivity contribution is -0.136. The summed E-state index contributed by atoms with van der Waals surface area (Å²) < 4.78 is 0. The van der Waals surface area contributed by atoms with Gasteiger partial charge in [-0.25, -0.2) is 0 Å². The number of hydrogen-bond donors (Lipinski definition) is 3. The number of carbonyl (C=O) groups is 2. The molecular formula is C16H15NO4. The molecule has 0 aromatic heterocycles. The number of nitrogens with one attached hydrogen (secondary N) is 1. The van der Waals surface area contributed by atoms with E-state index >= 15 is 0 Å². The number of benzene rings is 2. The van der Waals surface area contributed by atoms with E-state index in [-0.39, 0.29) is 17.7 Å². The van der Waals surface area contributed by atoms with Crippen LogP contribution in [0.4, 0.5) is 5.69 Å². The maximum atomic E-state index is 12.1. The molecule has 0 radical (unpaired) electrons. The lowest BCUT2D eigenvalue weighted by Gasteiger charge is -2.08. The van der Waals surface area contributed by atoms with Crippen molar-refractivity contribution in [3.05, 3.63) is 59.2 Å². The fourth-order valence-corrected chi connectivity index (χ4v) is 1.92. The lowest BCUT2D eigenvalue weighted by Crippen LogP contribution is -2.12. The van der Waals surface area contributed by atoms with Gasteiger partial charge in [-0.3, -0.25) is 9.59 Å². The van der Waals surface area contributed by atoms with E-state index in [2.05, 4.69) is 5.32 Å². The van der Waals surface area contributed by atoms with Crippen LogP contribution in [-0.4, -0.2) is 22.1 Å². The first-order valence-electron chi connectivity index (χ1n) is 6.38. The van der Waals surface area contributed by atoms with Crippen molar-refractivity contribution in [1.29, 1.82) is 0 Å². The number of para-hydroxylation sites is 1. The van der Waals surface area contributed by atoms with Crippen molar-refractivity contribution in [1.82, 2.24) is 0 Å². The van der Waals surface area contributed by atoms with Gasteiger partial charge in [0, 0.05) is 5.69 Å². The molecule has 2 aromatic carbocycles. The van der Waals surface area contributed by atoms with Gasteiger partial charge in [0.1, 0.15) is 5.75 Å². The van der Waals surface area contributed by atoms with Gasteiger partial charge >= 0.3 is 5.97 Å². The second kappa shape index (κ2) is 6.09. The Morgan fingerprint density at radius 3 is 2.38 bits per heavy atom. The molecule has 0 heterocycles. The van der Waals surface area contributed by atoms with Crippen molar-refractivity contribution in [3.8, 4) is 5.75 Å². The van der Waals surface area contributed by atoms with Gasteiger partial charge in [0.15, 0.2) is 0 Å². The van der Waals surface area contributed by atoms with E-state index < -0.39 is 11.9 Å². The minimum absolute atomic E-state index is 0.0440. The van der Waals surface area contributed by atoms with Crippen molar-refractivity contribution in [2.75, 3.05) is 5.32 Å². The van der Waals surface area contributed by atoms with Gasteiger partial charge in [-0.2, -0.15) is 0 Å². The molecule has 0 aliphatic rings. The Balaban J connectivity index is 2.12. The minimum Gasteiger partial charge on any atom is -0.507 e. The largest absolute Gasteiger partial charge is 0.507 e. The zero-order valence-electron chi connectivity index (χ0n) is 11.5. The number of aromatic hydroxyl groups is 1. The monoisotopic (exact) mass is 285 g/mol. The third-order valence-corrected chi connectivity index (χ3v) is 3.05. The van der Waals surface area contributed by atoms with Crippen LogP contribution in [0.2, 0.25) is 0 Å². The number of carboxylic acids is 1. The highest BCUT2D eigenvalue weighted by Gasteiger charge is 2.12. The molecule has 2 rings (SSSR count). The average molecular weight is 285 g/mol. The van der Waals surface area contributed by atoms with Crippen LogP contribution in [0.15, 0.2) is 42.5 Å². The fourth-order valence-electron chi connectivity index (χ4n) is 1.92. The predicted molar refractivity (Wildman–Crippen MR) is 78.6 cm³/mol. The number of hydrogen-bond acceptors (Lipinski definition) is 3. The van der Waals surface area contributed by atoms with Crippen LogP contribution in [0.1, 0.15) is 21.5 Å². The number of carboxylic acid groups (broad SMARTS) is 1. The summed E-state index contributed by atoms with van der Waals surface area (Å²) in [6.45, 7) is 1.72. The molecule has 0 spiro atoms. The Hall–Kier alpha value is -2.82. The summed E-state index contributed by atoms with van der Waals surface area (Å²) in [7, 11) is 0. The van der Waals surface area contributed by atoms with Gasteiger partial charge in [0.2, 0.25) is 0 Å². The van der Waals surface area contributed by atoms with E-state index in [1.54, 1.807) is 43.3 Å². The molecule has 3 N–H and O–H groups in total. The molecule has 0 fully saturated rings. The number of phenols is 1. The molecule has 0 unspecified atom stereocenters. The molecule has 0 atom stereocenters. The summed E-state index contributed by atoms with van der Waals surface area (Å²) in [5.74, 6) is -1.36. The number of amides is 1. The van der Waals surface area contributed by atoms with Gasteiger partial charge in [-0.15, -0.1) is 0 Å². The molecule has 0 aliphatic heterocycles. The normalized spacial score (nSPS) is 10.1. The highest BCUT2D eigenvalue weighted by Crippen LogP contribution is 2.22. The van der Waals surface area contributed by atoms with E-state index in [0.29, 0.717) is 16.8 Å². The molecule has 0 bridgehead atoms. The zero-order valence-corrected chi connectivity index (χ0v) is 11.5. The third kappa shape index (κ3) is 3.60. The van der Waals surface area contributed by atoms with Crippen molar-refractivity contribution in [2.45, 2.75) is 13.3 Å². The lowest BCUT2D eigenvalue weighted by atomic mass is 10.1. The SMILES string of the molecule is Cc1cccc(C(=O)Nc2ccc(CC(=O)O)cc2)c1O. The summed E-state index contributed by atoms with van der Waals surface area (Å²) in [5, 5.41) is 21.2. The summed E-state index contributed by atoms with van der Waals surface area (Å²) in [4.78, 5) is 22.7. The Kier molecular flexibility index (Phi) is 4.23. The van der Waals surface area contributed by atoms with Crippen LogP contribution in [0, 0.1) is 6.92 Å². The molecule has 108 valence electrons. The number of aliphatic carboxylic acids is 1. The highest BCUT2D eigenvalue weighted by molar-refractivity contribution is 6.06. The smallest absolute Gasteiger partial charge is 0.307 e. The number of carbonyl (C=O) groups excluding carboxylic acids is 1. The van der Waals surface area contributed by atoms with Crippen molar-refractivity contribution >= 4 is 17.6 Å². The second-order valence-corrected chi connectivity index (χ2v) is 4.69. The number of phenolic OH excluding ortho intramolecular Hbond substituents is 1. The molecule has 0 saturated heterocycles. The predicted octanol–water partition coefficient (Wildman–Crippen LogP) is 2.58. The van der Waals surface area contributed by atoms with Gasteiger partial charge in [-0.05, 0) is 36.2 Å². The molecule has 1 amide bonds. The molecule has 2 aromatic rings. The van der Waals surface area contributed by atoms with E-state index in [9.17, 15) is 14.7 Å². The summed E-state index contributed by atoms with van der Waals surface area (Å²) in [5.41, 5.74) is 2.01. The van der Waals surface area contributed by atoms with E-state index in [1.165, 1.54) is 6.07 Å². The summed E-state index contributed by atoms with van der Waals surface area (Å²) >= 11 is 0. The van der Waals surface area contributed by atoms with E-state index in [4.69, 9.17) is 5.11 Å². The fraction of sp³-hybridized carbons (Fsp3) is 0.125. The highest BCUT2D eigenvalue weighted by atomic mass is 16.4. The van der Waals surface area contributed by atoms with Crippen molar-refractivity contribution in [2.24, 2.45) is 0 Å². The quantitative estimate of drug-likeness (QED) is 0.805. The molecular weight excluding hydrogens is 270 g/mol. The molecule has 5 heteroatoms. The van der Waals surface area contributed by atoms with Crippen LogP contribution >= 0.6 is 0 Å². The maximum absolute atomic E-state index is 12.1. The standard InChI is InChI=1S/C16H15NO4/c1-10-3-2-4-13(15(10)20)16(21)17-12-7-5-11(6-8-12)9-14(18)19/h2-8,20H,9H2,1H3,(H,17,21)(H,18,19). The van der Waals surface area contributed by atoms with Crippen LogP contribution in [0.25, 0.3) is 0 Å². The van der Waals surface area contributed by atoms with Crippen LogP contribution in [0.5, 0.6) is 5.75 Å². The Morgan fingerprint density at radius 1 is 1.10 bits per heavy atom. The van der Waals surface area contributed by atoms with E-state index in [0.717, 1.165) is 0 Å². The van der Waals surface area contributed by atoms with Gasteiger partial charge in [-0.1, -0.05) is 24.3 Å². The van der Waals surface area contributed by atoms with Crippen LogP contribution in [-0.2, 0) is 11.2 Å². The van der Waals surface area contributed by atoms with E-state index in [1.807, 2.05) is 0 Å². The van der Waals surface area contributed by atoms with Gasteiger partial charge in [0.05, 0.1) is 12.0 Å². The third-order valence-electron chi connectivity index (χ3n) is 3.05. The van der Waals surface area contributed by atoms with Crippen LogP contribution in [0.3, 0.4) is 0 Å². The summed E-state index contributed by atoms with van der Waals surface area (Å²) in [6.07, 6.45) is -0.0626. The van der Waals surface area contributed by atoms with Gasteiger partial charge < -0.3 is 15.5 Å². The topological polar surface area (TPSA) is 86.6 Å². The number of aryl methyl sites for hydroxylation is 1. The maximum Gasteiger partial charge on any atom is 0.307 e. The first-order chi connectivity index (χ1) is 9.97. The Labute approximate surface area is 121 Å². The number of rotatable bonds is 4. The average Bonchev–Trinajstić information content (AvgIpc) is 2.43. The molecule has 5 nitrogen and oxygen atoms in total. The zero-order chi connectivity index (χ0) is 15.4. The second-order valence-electron chi connectivity index (χ2n) is 4.69. The Bertz CT molecular complexity index is 677. The van der Waals surface area contributed by atoms with Crippen LogP contribution < -0.4 is 5.32 Å². The van der Waals surface area contributed by atoms with Crippen molar-refractivity contribution in [3.63, 3.8) is 0 Å². The molecule has 0 saturated carbocycles. The Morgan fingerprint density at radius 2 is 1.76 bits per heavy atom.